The number of sulfone groups is 1. The molecule has 106 valence electrons. The van der Waals surface area contributed by atoms with Crippen LogP contribution in [-0.2, 0) is 15.6 Å². The van der Waals surface area contributed by atoms with Gasteiger partial charge in [-0.05, 0) is 25.0 Å². The second-order valence-corrected chi connectivity index (χ2v) is 7.76. The third-order valence-electron chi connectivity index (χ3n) is 3.60. The Hall–Kier alpha value is -1.33. The minimum Gasteiger partial charge on any atom is -0.360 e. The number of hydrogen-bond acceptors (Lipinski definition) is 4. The highest BCUT2D eigenvalue weighted by atomic mass is 35.5. The van der Waals surface area contributed by atoms with Gasteiger partial charge in [-0.1, -0.05) is 35.3 Å². The van der Waals surface area contributed by atoms with Gasteiger partial charge in [0.15, 0.2) is 15.6 Å². The summed E-state index contributed by atoms with van der Waals surface area (Å²) < 4.78 is 29.3. The molecular weight excluding hydrogens is 298 g/mol. The smallest absolute Gasteiger partial charge is 0.160 e. The number of benzene rings is 1. The van der Waals surface area contributed by atoms with E-state index in [-0.39, 0.29) is 11.0 Å². The molecular formula is C14H14ClNO3S. The first kappa shape index (κ1) is 13.6. The standard InChI is InChI=1S/C14H14ClNO3S/c15-11-6-4-10(5-7-11)14-8-12(19-16-14)9-20(17,18)13-2-1-3-13/h4-8,13H,1-3,9H2. The van der Waals surface area contributed by atoms with Crippen molar-refractivity contribution >= 4 is 21.4 Å². The molecule has 0 unspecified atom stereocenters. The molecule has 0 saturated heterocycles. The molecule has 0 N–H and O–H groups in total. The number of aromatic nitrogens is 1. The van der Waals surface area contributed by atoms with E-state index in [4.69, 9.17) is 16.1 Å². The van der Waals surface area contributed by atoms with Crippen LogP contribution in [0.5, 0.6) is 0 Å². The van der Waals surface area contributed by atoms with Crippen LogP contribution in [0.1, 0.15) is 25.0 Å². The molecule has 0 spiro atoms. The summed E-state index contributed by atoms with van der Waals surface area (Å²) in [6.45, 7) is 0. The second kappa shape index (κ2) is 5.22. The Bertz CT molecular complexity index is 702. The average molecular weight is 312 g/mol. The molecule has 1 aromatic carbocycles. The van der Waals surface area contributed by atoms with Crippen molar-refractivity contribution in [1.29, 1.82) is 0 Å². The van der Waals surface area contributed by atoms with Gasteiger partial charge in [-0.25, -0.2) is 8.42 Å². The minimum atomic E-state index is -3.11. The molecule has 20 heavy (non-hydrogen) atoms. The average Bonchev–Trinajstić information content (AvgIpc) is 2.74. The van der Waals surface area contributed by atoms with Gasteiger partial charge in [0.25, 0.3) is 0 Å². The molecule has 1 heterocycles. The highest BCUT2D eigenvalue weighted by Crippen LogP contribution is 2.29. The van der Waals surface area contributed by atoms with Crippen molar-refractivity contribution < 1.29 is 12.9 Å². The van der Waals surface area contributed by atoms with Gasteiger partial charge in [-0.15, -0.1) is 0 Å². The Morgan fingerprint density at radius 1 is 1.25 bits per heavy atom. The zero-order valence-electron chi connectivity index (χ0n) is 10.8. The maximum absolute atomic E-state index is 12.1. The van der Waals surface area contributed by atoms with E-state index in [1.807, 2.05) is 12.1 Å². The first-order valence-electron chi connectivity index (χ1n) is 6.48. The maximum atomic E-state index is 12.1. The van der Waals surface area contributed by atoms with Crippen LogP contribution in [0.3, 0.4) is 0 Å². The topological polar surface area (TPSA) is 60.2 Å². The molecule has 1 aliphatic carbocycles. The number of rotatable bonds is 4. The lowest BCUT2D eigenvalue weighted by Crippen LogP contribution is -2.29. The molecule has 3 rings (SSSR count). The van der Waals surface area contributed by atoms with Crippen LogP contribution in [0.25, 0.3) is 11.3 Å². The summed E-state index contributed by atoms with van der Waals surface area (Å²) in [6.07, 6.45) is 2.53. The fourth-order valence-electron chi connectivity index (χ4n) is 2.18. The van der Waals surface area contributed by atoms with Crippen LogP contribution in [0.4, 0.5) is 0 Å². The molecule has 1 aliphatic rings. The summed E-state index contributed by atoms with van der Waals surface area (Å²) in [5.74, 6) is 0.319. The predicted molar refractivity (Wildman–Crippen MR) is 77.2 cm³/mol. The summed E-state index contributed by atoms with van der Waals surface area (Å²) in [4.78, 5) is 0. The van der Waals surface area contributed by atoms with Crippen LogP contribution in [0.2, 0.25) is 5.02 Å². The van der Waals surface area contributed by atoms with E-state index < -0.39 is 9.84 Å². The molecule has 0 aliphatic heterocycles. The second-order valence-electron chi connectivity index (χ2n) is 5.05. The van der Waals surface area contributed by atoms with Crippen molar-refractivity contribution in [2.24, 2.45) is 0 Å². The van der Waals surface area contributed by atoms with Crippen molar-refractivity contribution in [3.05, 3.63) is 41.1 Å². The molecule has 1 saturated carbocycles. The largest absolute Gasteiger partial charge is 0.360 e. The number of hydrogen-bond donors (Lipinski definition) is 0. The predicted octanol–water partition coefficient (Wildman–Crippen LogP) is 3.46. The molecule has 0 bridgehead atoms. The Morgan fingerprint density at radius 3 is 2.55 bits per heavy atom. The van der Waals surface area contributed by atoms with Crippen molar-refractivity contribution in [2.75, 3.05) is 0 Å². The van der Waals surface area contributed by atoms with Gasteiger partial charge in [0, 0.05) is 16.7 Å². The molecule has 1 aromatic heterocycles. The lowest BCUT2D eigenvalue weighted by Gasteiger charge is -2.24. The van der Waals surface area contributed by atoms with Gasteiger partial charge >= 0.3 is 0 Å². The minimum absolute atomic E-state index is 0.0712. The van der Waals surface area contributed by atoms with Gasteiger partial charge in [0.1, 0.15) is 11.4 Å². The fraction of sp³-hybridized carbons (Fsp3) is 0.357. The SMILES string of the molecule is O=S(=O)(Cc1cc(-c2ccc(Cl)cc2)no1)C1CCC1. The summed E-state index contributed by atoms with van der Waals surface area (Å²) in [5.41, 5.74) is 1.48. The van der Waals surface area contributed by atoms with E-state index in [9.17, 15) is 8.42 Å². The summed E-state index contributed by atoms with van der Waals surface area (Å²) in [6, 6.07) is 8.85. The summed E-state index contributed by atoms with van der Waals surface area (Å²) >= 11 is 5.83. The van der Waals surface area contributed by atoms with E-state index in [1.165, 1.54) is 0 Å². The summed E-state index contributed by atoms with van der Waals surface area (Å²) in [7, 11) is -3.11. The van der Waals surface area contributed by atoms with Crippen molar-refractivity contribution in [3.63, 3.8) is 0 Å². The van der Waals surface area contributed by atoms with Gasteiger partial charge in [0.2, 0.25) is 0 Å². The molecule has 1 fully saturated rings. The Morgan fingerprint density at radius 2 is 1.95 bits per heavy atom. The lowest BCUT2D eigenvalue weighted by atomic mass is 10.0. The van der Waals surface area contributed by atoms with Gasteiger partial charge in [-0.2, -0.15) is 0 Å². The lowest BCUT2D eigenvalue weighted by molar-refractivity contribution is 0.392. The van der Waals surface area contributed by atoms with Crippen LogP contribution in [0.15, 0.2) is 34.9 Å². The van der Waals surface area contributed by atoms with Crippen LogP contribution in [-0.4, -0.2) is 18.8 Å². The molecule has 2 aromatic rings. The fourth-order valence-corrected chi connectivity index (χ4v) is 4.13. The van der Waals surface area contributed by atoms with Crippen molar-refractivity contribution in [2.45, 2.75) is 30.3 Å². The van der Waals surface area contributed by atoms with E-state index in [2.05, 4.69) is 5.16 Å². The van der Waals surface area contributed by atoms with Gasteiger partial charge in [-0.3, -0.25) is 0 Å². The molecule has 4 nitrogen and oxygen atoms in total. The number of halogens is 1. The van der Waals surface area contributed by atoms with Crippen LogP contribution < -0.4 is 0 Å². The Kier molecular flexibility index (Phi) is 3.56. The van der Waals surface area contributed by atoms with Gasteiger partial charge in [0.05, 0.1) is 5.25 Å². The van der Waals surface area contributed by atoms with Crippen LogP contribution in [0, 0.1) is 0 Å². The normalized spacial score (nSPS) is 16.1. The molecule has 6 heteroatoms. The zero-order valence-corrected chi connectivity index (χ0v) is 12.3. The third kappa shape index (κ3) is 2.74. The maximum Gasteiger partial charge on any atom is 0.160 e. The quantitative estimate of drug-likeness (QED) is 0.867. The van der Waals surface area contributed by atoms with E-state index >= 15 is 0 Å². The van der Waals surface area contributed by atoms with E-state index in [0.717, 1.165) is 24.8 Å². The van der Waals surface area contributed by atoms with Crippen LogP contribution >= 0.6 is 11.6 Å². The molecule has 0 atom stereocenters. The molecule has 0 radical (unpaired) electrons. The highest BCUT2D eigenvalue weighted by molar-refractivity contribution is 7.91. The zero-order chi connectivity index (χ0) is 14.2. The monoisotopic (exact) mass is 311 g/mol. The third-order valence-corrected chi connectivity index (χ3v) is 6.03. The summed E-state index contributed by atoms with van der Waals surface area (Å²) in [5, 5.41) is 4.36. The van der Waals surface area contributed by atoms with Crippen molar-refractivity contribution in [1.82, 2.24) is 5.16 Å². The first-order valence-corrected chi connectivity index (χ1v) is 8.57. The van der Waals surface area contributed by atoms with Gasteiger partial charge < -0.3 is 4.52 Å². The van der Waals surface area contributed by atoms with Crippen molar-refractivity contribution in [3.8, 4) is 11.3 Å². The molecule has 0 amide bonds. The van der Waals surface area contributed by atoms with E-state index in [1.54, 1.807) is 18.2 Å². The number of nitrogens with zero attached hydrogens (tertiary/aromatic N) is 1. The van der Waals surface area contributed by atoms with E-state index in [0.29, 0.717) is 16.5 Å². The Labute approximate surface area is 122 Å². The first-order chi connectivity index (χ1) is 9.54. The Balaban J connectivity index is 1.78. The highest BCUT2D eigenvalue weighted by Gasteiger charge is 2.32.